The number of aryl methyl sites for hydroxylation is 1. The molecule has 1 aromatic carbocycles. The van der Waals surface area contributed by atoms with Crippen LogP contribution in [-0.2, 0) is 6.54 Å². The Morgan fingerprint density at radius 2 is 1.84 bits per heavy atom. The number of nitrogens with two attached hydrogens (primary N) is 1. The molecule has 3 nitrogen and oxygen atoms in total. The van der Waals surface area contributed by atoms with Crippen LogP contribution in [-0.4, -0.2) is 38.6 Å². The van der Waals surface area contributed by atoms with E-state index < -0.39 is 0 Å². The van der Waals surface area contributed by atoms with Crippen LogP contribution in [0.5, 0.6) is 0 Å². The quantitative estimate of drug-likeness (QED) is 0.820. The van der Waals surface area contributed by atoms with Gasteiger partial charge in [-0.2, -0.15) is 0 Å². The summed E-state index contributed by atoms with van der Waals surface area (Å²) in [4.78, 5) is 4.70. The number of hydrogen-bond donors (Lipinski definition) is 1. The normalized spacial score (nSPS) is 11.4. The Labute approximate surface area is 118 Å². The first kappa shape index (κ1) is 16.0. The third kappa shape index (κ3) is 5.21. The Morgan fingerprint density at radius 1 is 1.16 bits per heavy atom. The molecule has 0 spiro atoms. The van der Waals surface area contributed by atoms with Crippen LogP contribution in [0.25, 0.3) is 0 Å². The Hall–Kier alpha value is -1.06. The van der Waals surface area contributed by atoms with Crippen LogP contribution >= 0.6 is 0 Å². The molecular formula is C16H29N3. The van der Waals surface area contributed by atoms with Gasteiger partial charge in [-0.15, -0.1) is 0 Å². The van der Waals surface area contributed by atoms with E-state index in [4.69, 9.17) is 5.73 Å². The van der Waals surface area contributed by atoms with Crippen LogP contribution in [0.3, 0.4) is 0 Å². The SMILES string of the molecule is Cc1cc(N(CCN(C)C)CC(C)C)ccc1CN. The summed E-state index contributed by atoms with van der Waals surface area (Å²) < 4.78 is 0. The summed E-state index contributed by atoms with van der Waals surface area (Å²) in [5.74, 6) is 0.664. The molecular weight excluding hydrogens is 234 g/mol. The minimum atomic E-state index is 0.619. The Balaban J connectivity index is 2.86. The molecule has 0 heterocycles. The number of rotatable bonds is 7. The maximum Gasteiger partial charge on any atom is 0.0369 e. The number of benzene rings is 1. The maximum absolute atomic E-state index is 5.74. The van der Waals surface area contributed by atoms with Crippen LogP contribution in [0.1, 0.15) is 25.0 Å². The van der Waals surface area contributed by atoms with E-state index >= 15 is 0 Å². The van der Waals surface area contributed by atoms with Gasteiger partial charge < -0.3 is 15.5 Å². The predicted molar refractivity (Wildman–Crippen MR) is 84.7 cm³/mol. The average Bonchev–Trinajstić information content (AvgIpc) is 2.33. The Bertz CT molecular complexity index is 386. The highest BCUT2D eigenvalue weighted by Gasteiger charge is 2.10. The number of nitrogens with zero attached hydrogens (tertiary/aromatic N) is 2. The van der Waals surface area contributed by atoms with Crippen LogP contribution in [0.4, 0.5) is 5.69 Å². The lowest BCUT2D eigenvalue weighted by molar-refractivity contribution is 0.409. The van der Waals surface area contributed by atoms with Gasteiger partial charge in [-0.25, -0.2) is 0 Å². The summed E-state index contributed by atoms with van der Waals surface area (Å²) in [6.07, 6.45) is 0. The van der Waals surface area contributed by atoms with E-state index in [0.29, 0.717) is 12.5 Å². The van der Waals surface area contributed by atoms with E-state index in [2.05, 4.69) is 62.9 Å². The van der Waals surface area contributed by atoms with Gasteiger partial charge >= 0.3 is 0 Å². The highest BCUT2D eigenvalue weighted by molar-refractivity contribution is 5.51. The average molecular weight is 263 g/mol. The molecule has 1 aromatic rings. The molecule has 0 aromatic heterocycles. The molecule has 0 amide bonds. The molecule has 2 N–H and O–H groups in total. The predicted octanol–water partition coefficient (Wildman–Crippen LogP) is 2.48. The zero-order valence-corrected chi connectivity index (χ0v) is 13.1. The molecule has 0 aliphatic heterocycles. The van der Waals surface area contributed by atoms with Gasteiger partial charge in [0.15, 0.2) is 0 Å². The van der Waals surface area contributed by atoms with Crippen LogP contribution in [0, 0.1) is 12.8 Å². The van der Waals surface area contributed by atoms with Crippen molar-refractivity contribution >= 4 is 5.69 Å². The second-order valence-corrected chi connectivity index (χ2v) is 5.96. The molecule has 0 radical (unpaired) electrons. The summed E-state index contributed by atoms with van der Waals surface area (Å²) in [5.41, 5.74) is 9.57. The summed E-state index contributed by atoms with van der Waals surface area (Å²) in [6.45, 7) is 10.5. The van der Waals surface area contributed by atoms with Gasteiger partial charge in [-0.3, -0.25) is 0 Å². The minimum absolute atomic E-state index is 0.619. The molecule has 3 heteroatoms. The maximum atomic E-state index is 5.74. The molecule has 0 atom stereocenters. The molecule has 1 rings (SSSR count). The lowest BCUT2D eigenvalue weighted by Crippen LogP contribution is -2.34. The fraction of sp³-hybridized carbons (Fsp3) is 0.625. The van der Waals surface area contributed by atoms with Crippen molar-refractivity contribution < 1.29 is 0 Å². The van der Waals surface area contributed by atoms with Gasteiger partial charge in [-0.05, 0) is 50.2 Å². The van der Waals surface area contributed by atoms with Gasteiger partial charge in [0.1, 0.15) is 0 Å². The largest absolute Gasteiger partial charge is 0.370 e. The molecule has 0 aliphatic carbocycles. The zero-order valence-electron chi connectivity index (χ0n) is 13.1. The Kier molecular flexibility index (Phi) is 6.32. The Morgan fingerprint density at radius 3 is 2.32 bits per heavy atom. The van der Waals surface area contributed by atoms with E-state index in [0.717, 1.165) is 19.6 Å². The lowest BCUT2D eigenvalue weighted by atomic mass is 10.1. The van der Waals surface area contributed by atoms with Crippen molar-refractivity contribution in [2.24, 2.45) is 11.7 Å². The van der Waals surface area contributed by atoms with E-state index in [1.807, 2.05) is 0 Å². The first-order valence-corrected chi connectivity index (χ1v) is 7.13. The third-order valence-electron chi connectivity index (χ3n) is 3.31. The standard InChI is InChI=1S/C16H29N3/c1-13(2)12-19(9-8-18(4)5)16-7-6-15(11-17)14(3)10-16/h6-7,10,13H,8-9,11-12,17H2,1-5H3. The topological polar surface area (TPSA) is 32.5 Å². The third-order valence-corrected chi connectivity index (χ3v) is 3.31. The van der Waals surface area contributed by atoms with E-state index in [9.17, 15) is 0 Å². The van der Waals surface area contributed by atoms with Crippen molar-refractivity contribution in [3.8, 4) is 0 Å². The second-order valence-electron chi connectivity index (χ2n) is 5.96. The number of anilines is 1. The fourth-order valence-corrected chi connectivity index (χ4v) is 2.19. The molecule has 0 saturated heterocycles. The van der Waals surface area contributed by atoms with E-state index in [1.54, 1.807) is 0 Å². The van der Waals surface area contributed by atoms with Gasteiger partial charge in [0.25, 0.3) is 0 Å². The van der Waals surface area contributed by atoms with Gasteiger partial charge in [0.05, 0.1) is 0 Å². The highest BCUT2D eigenvalue weighted by Crippen LogP contribution is 2.20. The summed E-state index contributed by atoms with van der Waals surface area (Å²) in [5, 5.41) is 0. The van der Waals surface area contributed by atoms with Crippen molar-refractivity contribution in [1.29, 1.82) is 0 Å². The first-order chi connectivity index (χ1) is 8.93. The van der Waals surface area contributed by atoms with Crippen LogP contribution in [0.2, 0.25) is 0 Å². The molecule has 0 bridgehead atoms. The smallest absolute Gasteiger partial charge is 0.0369 e. The van der Waals surface area contributed by atoms with Crippen molar-refractivity contribution in [2.45, 2.75) is 27.3 Å². The lowest BCUT2D eigenvalue weighted by Gasteiger charge is -2.28. The van der Waals surface area contributed by atoms with Gasteiger partial charge in [-0.1, -0.05) is 19.9 Å². The van der Waals surface area contributed by atoms with E-state index in [-0.39, 0.29) is 0 Å². The van der Waals surface area contributed by atoms with Crippen molar-refractivity contribution in [3.05, 3.63) is 29.3 Å². The van der Waals surface area contributed by atoms with Crippen molar-refractivity contribution in [1.82, 2.24) is 4.90 Å². The number of likely N-dealkylation sites (N-methyl/N-ethyl adjacent to an activating group) is 1. The zero-order chi connectivity index (χ0) is 14.4. The van der Waals surface area contributed by atoms with Crippen molar-refractivity contribution in [2.75, 3.05) is 38.6 Å². The van der Waals surface area contributed by atoms with E-state index in [1.165, 1.54) is 16.8 Å². The van der Waals surface area contributed by atoms with Crippen LogP contribution in [0.15, 0.2) is 18.2 Å². The molecule has 0 aliphatic rings. The second kappa shape index (κ2) is 7.51. The minimum Gasteiger partial charge on any atom is -0.370 e. The first-order valence-electron chi connectivity index (χ1n) is 7.13. The summed E-state index contributed by atoms with van der Waals surface area (Å²) in [7, 11) is 4.24. The van der Waals surface area contributed by atoms with Crippen LogP contribution < -0.4 is 10.6 Å². The fourth-order valence-electron chi connectivity index (χ4n) is 2.19. The molecule has 0 saturated carbocycles. The monoisotopic (exact) mass is 263 g/mol. The molecule has 19 heavy (non-hydrogen) atoms. The number of hydrogen-bond acceptors (Lipinski definition) is 3. The van der Waals surface area contributed by atoms with Gasteiger partial charge in [0.2, 0.25) is 0 Å². The highest BCUT2D eigenvalue weighted by atomic mass is 15.2. The van der Waals surface area contributed by atoms with Crippen molar-refractivity contribution in [3.63, 3.8) is 0 Å². The molecule has 108 valence electrons. The summed E-state index contributed by atoms with van der Waals surface area (Å²) >= 11 is 0. The van der Waals surface area contributed by atoms with Gasteiger partial charge in [0, 0.05) is 31.9 Å². The molecule has 0 fully saturated rings. The summed E-state index contributed by atoms with van der Waals surface area (Å²) in [6, 6.07) is 6.63. The molecule has 0 unspecified atom stereocenters.